The van der Waals surface area contributed by atoms with E-state index in [0.29, 0.717) is 12.6 Å². The number of pyridine rings is 1. The molecule has 0 radical (unpaired) electrons. The summed E-state index contributed by atoms with van der Waals surface area (Å²) in [6.45, 7) is 1.79. The highest BCUT2D eigenvalue weighted by atomic mass is 16.3. The molecule has 3 heterocycles. The first-order valence-corrected chi connectivity index (χ1v) is 6.93. The minimum atomic E-state index is 0.117. The minimum absolute atomic E-state index is 0.117. The van der Waals surface area contributed by atoms with Crippen LogP contribution in [-0.4, -0.2) is 44.7 Å². The van der Waals surface area contributed by atoms with Crippen LogP contribution in [0.3, 0.4) is 0 Å². The van der Waals surface area contributed by atoms with Gasteiger partial charge < -0.3 is 9.67 Å². The van der Waals surface area contributed by atoms with E-state index < -0.39 is 0 Å². The van der Waals surface area contributed by atoms with Crippen LogP contribution >= 0.6 is 0 Å². The van der Waals surface area contributed by atoms with Crippen LogP contribution < -0.4 is 0 Å². The standard InChI is InChI=1S/C14H20N4O/c1-17-8-3-2-6-12(17)14-16-11-5-4-7-15-13(11)18(14)9-10-19/h4-5,7,12,19H,2-3,6,8-10H2,1H3. The zero-order valence-electron chi connectivity index (χ0n) is 11.3. The molecule has 1 aliphatic rings. The Balaban J connectivity index is 2.08. The summed E-state index contributed by atoms with van der Waals surface area (Å²) in [6.07, 6.45) is 5.41. The zero-order chi connectivity index (χ0) is 13.2. The van der Waals surface area contributed by atoms with Gasteiger partial charge in [0.1, 0.15) is 11.3 Å². The molecular weight excluding hydrogens is 240 g/mol. The Bertz CT molecular complexity index is 566. The van der Waals surface area contributed by atoms with Crippen molar-refractivity contribution in [3.05, 3.63) is 24.2 Å². The van der Waals surface area contributed by atoms with Crippen molar-refractivity contribution in [3.63, 3.8) is 0 Å². The van der Waals surface area contributed by atoms with Gasteiger partial charge in [0.15, 0.2) is 5.65 Å². The summed E-state index contributed by atoms with van der Waals surface area (Å²) >= 11 is 0. The van der Waals surface area contributed by atoms with Gasteiger partial charge in [0.05, 0.1) is 12.6 Å². The zero-order valence-corrected chi connectivity index (χ0v) is 11.3. The Morgan fingerprint density at radius 2 is 2.32 bits per heavy atom. The van der Waals surface area contributed by atoms with Crippen LogP contribution in [0.25, 0.3) is 11.2 Å². The molecule has 1 fully saturated rings. The quantitative estimate of drug-likeness (QED) is 0.910. The highest BCUT2D eigenvalue weighted by molar-refractivity contribution is 5.71. The smallest absolute Gasteiger partial charge is 0.160 e. The predicted molar refractivity (Wildman–Crippen MR) is 73.8 cm³/mol. The van der Waals surface area contributed by atoms with Crippen LogP contribution in [0, 0.1) is 0 Å². The van der Waals surface area contributed by atoms with Gasteiger partial charge in [-0.05, 0) is 38.6 Å². The second kappa shape index (κ2) is 5.27. The van der Waals surface area contributed by atoms with Gasteiger partial charge in [0.25, 0.3) is 0 Å². The lowest BCUT2D eigenvalue weighted by Gasteiger charge is -2.32. The molecule has 0 saturated carbocycles. The van der Waals surface area contributed by atoms with Crippen LogP contribution in [0.4, 0.5) is 0 Å². The van der Waals surface area contributed by atoms with Crippen LogP contribution in [0.5, 0.6) is 0 Å². The van der Waals surface area contributed by atoms with Gasteiger partial charge in [0, 0.05) is 12.7 Å². The maximum atomic E-state index is 9.30. The Hall–Kier alpha value is -1.46. The topological polar surface area (TPSA) is 54.2 Å². The third-order valence-electron chi connectivity index (χ3n) is 3.93. The molecule has 5 heteroatoms. The summed E-state index contributed by atoms with van der Waals surface area (Å²) in [7, 11) is 2.15. The number of aliphatic hydroxyl groups excluding tert-OH is 1. The first-order chi connectivity index (χ1) is 9.31. The number of aromatic nitrogens is 3. The van der Waals surface area contributed by atoms with Crippen molar-refractivity contribution in [2.24, 2.45) is 0 Å². The normalized spacial score (nSPS) is 21.1. The van der Waals surface area contributed by atoms with Crippen molar-refractivity contribution in [3.8, 4) is 0 Å². The number of piperidine rings is 1. The summed E-state index contributed by atoms with van der Waals surface area (Å²) < 4.78 is 2.07. The van der Waals surface area contributed by atoms with Gasteiger partial charge in [-0.2, -0.15) is 0 Å². The second-order valence-electron chi connectivity index (χ2n) is 5.18. The fourth-order valence-electron chi connectivity index (χ4n) is 2.95. The van der Waals surface area contributed by atoms with E-state index in [2.05, 4.69) is 21.5 Å². The lowest BCUT2D eigenvalue weighted by molar-refractivity contribution is 0.173. The summed E-state index contributed by atoms with van der Waals surface area (Å²) in [5.74, 6) is 1.05. The van der Waals surface area contributed by atoms with E-state index >= 15 is 0 Å². The largest absolute Gasteiger partial charge is 0.395 e. The van der Waals surface area contributed by atoms with Gasteiger partial charge >= 0.3 is 0 Å². The van der Waals surface area contributed by atoms with Crippen molar-refractivity contribution in [1.29, 1.82) is 0 Å². The molecule has 0 spiro atoms. The van der Waals surface area contributed by atoms with Crippen LogP contribution in [0.15, 0.2) is 18.3 Å². The molecule has 0 bridgehead atoms. The highest BCUT2D eigenvalue weighted by Gasteiger charge is 2.26. The monoisotopic (exact) mass is 260 g/mol. The molecule has 1 atom stereocenters. The van der Waals surface area contributed by atoms with Gasteiger partial charge in [-0.15, -0.1) is 0 Å². The third-order valence-corrected chi connectivity index (χ3v) is 3.93. The van der Waals surface area contributed by atoms with Crippen molar-refractivity contribution in [1.82, 2.24) is 19.4 Å². The molecule has 2 aromatic heterocycles. The van der Waals surface area contributed by atoms with Crippen LogP contribution in [-0.2, 0) is 6.54 Å². The molecule has 5 nitrogen and oxygen atoms in total. The van der Waals surface area contributed by atoms with Gasteiger partial charge in [-0.25, -0.2) is 9.97 Å². The number of rotatable bonds is 3. The fourth-order valence-corrected chi connectivity index (χ4v) is 2.95. The molecule has 3 rings (SSSR count). The fraction of sp³-hybridized carbons (Fsp3) is 0.571. The summed E-state index contributed by atoms with van der Waals surface area (Å²) in [6, 6.07) is 4.24. The molecule has 1 unspecified atom stereocenters. The molecule has 102 valence electrons. The third kappa shape index (κ3) is 2.24. The van der Waals surface area contributed by atoms with Crippen LogP contribution in [0.1, 0.15) is 31.1 Å². The average molecular weight is 260 g/mol. The van der Waals surface area contributed by atoms with E-state index in [4.69, 9.17) is 4.98 Å². The van der Waals surface area contributed by atoms with Crippen molar-refractivity contribution >= 4 is 11.2 Å². The van der Waals surface area contributed by atoms with E-state index in [1.54, 1.807) is 6.20 Å². The van der Waals surface area contributed by atoms with Gasteiger partial charge in [-0.3, -0.25) is 4.90 Å². The Morgan fingerprint density at radius 1 is 1.42 bits per heavy atom. The Kier molecular flexibility index (Phi) is 3.48. The minimum Gasteiger partial charge on any atom is -0.395 e. The summed E-state index contributed by atoms with van der Waals surface area (Å²) in [5.41, 5.74) is 1.80. The molecule has 1 aliphatic heterocycles. The first kappa shape index (κ1) is 12.6. The van der Waals surface area contributed by atoms with E-state index in [1.807, 2.05) is 12.1 Å². The number of nitrogens with zero attached hydrogens (tertiary/aromatic N) is 4. The molecule has 1 N–H and O–H groups in total. The molecule has 0 amide bonds. The van der Waals surface area contributed by atoms with E-state index in [-0.39, 0.29) is 6.61 Å². The van der Waals surface area contributed by atoms with Crippen molar-refractivity contribution in [2.45, 2.75) is 31.8 Å². The first-order valence-electron chi connectivity index (χ1n) is 6.93. The van der Waals surface area contributed by atoms with Crippen LogP contribution in [0.2, 0.25) is 0 Å². The molecular formula is C14H20N4O. The average Bonchev–Trinajstić information content (AvgIpc) is 2.79. The lowest BCUT2D eigenvalue weighted by atomic mass is 10.0. The van der Waals surface area contributed by atoms with E-state index in [9.17, 15) is 5.11 Å². The maximum absolute atomic E-state index is 9.30. The molecule has 0 aliphatic carbocycles. The number of aliphatic hydroxyl groups is 1. The van der Waals surface area contributed by atoms with Gasteiger partial charge in [-0.1, -0.05) is 6.42 Å². The van der Waals surface area contributed by atoms with E-state index in [1.165, 1.54) is 12.8 Å². The van der Waals surface area contributed by atoms with E-state index in [0.717, 1.165) is 30.0 Å². The van der Waals surface area contributed by atoms with Crippen molar-refractivity contribution in [2.75, 3.05) is 20.2 Å². The molecule has 19 heavy (non-hydrogen) atoms. The molecule has 0 aromatic carbocycles. The molecule has 1 saturated heterocycles. The lowest BCUT2D eigenvalue weighted by Crippen LogP contribution is -2.31. The number of fused-ring (bicyclic) bond motifs is 1. The number of hydrogen-bond acceptors (Lipinski definition) is 4. The highest BCUT2D eigenvalue weighted by Crippen LogP contribution is 2.30. The predicted octanol–water partition coefficient (Wildman–Crippen LogP) is 1.58. The van der Waals surface area contributed by atoms with Gasteiger partial charge in [0.2, 0.25) is 0 Å². The Morgan fingerprint density at radius 3 is 3.11 bits per heavy atom. The second-order valence-corrected chi connectivity index (χ2v) is 5.18. The number of likely N-dealkylation sites (tertiary alicyclic amines) is 1. The van der Waals surface area contributed by atoms with Crippen molar-refractivity contribution < 1.29 is 5.11 Å². The summed E-state index contributed by atoms with van der Waals surface area (Å²) in [4.78, 5) is 11.5. The maximum Gasteiger partial charge on any atom is 0.160 e. The summed E-state index contributed by atoms with van der Waals surface area (Å²) in [5, 5.41) is 9.30. The Labute approximate surface area is 112 Å². The molecule has 2 aromatic rings. The SMILES string of the molecule is CN1CCCCC1c1nc2cccnc2n1CCO. The number of hydrogen-bond donors (Lipinski definition) is 1. The number of imidazole rings is 1.